The SMILES string of the molecule is CCOC(=O)C1=NN(c2cccc(Cl)c2)[C@H]2C(=O)N(c3cccc(Cl)c3)C(=O)[C@@H]12. The lowest BCUT2D eigenvalue weighted by molar-refractivity contribution is -0.136. The number of ether oxygens (including phenoxy) is 1. The van der Waals surface area contributed by atoms with Gasteiger partial charge in [-0.3, -0.25) is 14.6 Å². The molecule has 0 aliphatic carbocycles. The van der Waals surface area contributed by atoms with Crippen molar-refractivity contribution >= 4 is 58.1 Å². The molecule has 29 heavy (non-hydrogen) atoms. The van der Waals surface area contributed by atoms with Gasteiger partial charge in [0.25, 0.3) is 5.91 Å². The molecule has 0 radical (unpaired) electrons. The van der Waals surface area contributed by atoms with Gasteiger partial charge >= 0.3 is 5.97 Å². The lowest BCUT2D eigenvalue weighted by Gasteiger charge is -2.22. The van der Waals surface area contributed by atoms with Crippen LogP contribution in [0, 0.1) is 5.92 Å². The number of benzene rings is 2. The van der Waals surface area contributed by atoms with Gasteiger partial charge in [0.15, 0.2) is 5.71 Å². The van der Waals surface area contributed by atoms with Crippen LogP contribution in [0.4, 0.5) is 11.4 Å². The van der Waals surface area contributed by atoms with E-state index in [0.717, 1.165) is 4.90 Å². The van der Waals surface area contributed by atoms with Gasteiger partial charge in [0.2, 0.25) is 5.91 Å². The fourth-order valence-electron chi connectivity index (χ4n) is 3.49. The summed E-state index contributed by atoms with van der Waals surface area (Å²) in [6.07, 6.45) is 0. The van der Waals surface area contributed by atoms with Crippen molar-refractivity contribution in [2.24, 2.45) is 11.0 Å². The van der Waals surface area contributed by atoms with Crippen molar-refractivity contribution in [2.75, 3.05) is 16.5 Å². The van der Waals surface area contributed by atoms with Crippen molar-refractivity contribution in [3.63, 3.8) is 0 Å². The summed E-state index contributed by atoms with van der Waals surface area (Å²) in [6.45, 7) is 1.77. The maximum absolute atomic E-state index is 13.3. The van der Waals surface area contributed by atoms with Crippen LogP contribution in [0.3, 0.4) is 0 Å². The molecule has 9 heteroatoms. The fraction of sp³-hybridized carbons (Fsp3) is 0.200. The third-order valence-electron chi connectivity index (χ3n) is 4.67. The van der Waals surface area contributed by atoms with E-state index in [2.05, 4.69) is 5.10 Å². The number of hydrazone groups is 1. The molecule has 0 saturated carbocycles. The lowest BCUT2D eigenvalue weighted by atomic mass is 9.98. The van der Waals surface area contributed by atoms with Crippen molar-refractivity contribution in [2.45, 2.75) is 13.0 Å². The molecule has 2 aromatic carbocycles. The molecule has 1 fully saturated rings. The highest BCUT2D eigenvalue weighted by atomic mass is 35.5. The third-order valence-corrected chi connectivity index (χ3v) is 5.14. The Labute approximate surface area is 176 Å². The number of hydrogen-bond acceptors (Lipinski definition) is 6. The summed E-state index contributed by atoms with van der Waals surface area (Å²) in [7, 11) is 0. The molecular formula is C20H15Cl2N3O4. The molecule has 0 spiro atoms. The van der Waals surface area contributed by atoms with Gasteiger partial charge in [-0.15, -0.1) is 0 Å². The van der Waals surface area contributed by atoms with Crippen molar-refractivity contribution in [1.82, 2.24) is 0 Å². The Kier molecular flexibility index (Phi) is 5.02. The Morgan fingerprint density at radius 3 is 2.28 bits per heavy atom. The van der Waals surface area contributed by atoms with E-state index in [4.69, 9.17) is 27.9 Å². The lowest BCUT2D eigenvalue weighted by Crippen LogP contribution is -2.39. The smallest absolute Gasteiger partial charge is 0.355 e. The van der Waals surface area contributed by atoms with E-state index in [0.29, 0.717) is 21.4 Å². The topological polar surface area (TPSA) is 79.3 Å². The van der Waals surface area contributed by atoms with Gasteiger partial charge in [-0.1, -0.05) is 35.3 Å². The van der Waals surface area contributed by atoms with Gasteiger partial charge in [0.1, 0.15) is 12.0 Å². The first-order valence-corrected chi connectivity index (χ1v) is 9.61. The highest BCUT2D eigenvalue weighted by molar-refractivity contribution is 6.47. The van der Waals surface area contributed by atoms with Crippen LogP contribution < -0.4 is 9.91 Å². The summed E-state index contributed by atoms with van der Waals surface area (Å²) < 4.78 is 5.06. The van der Waals surface area contributed by atoms with E-state index in [9.17, 15) is 14.4 Å². The summed E-state index contributed by atoms with van der Waals surface area (Å²) in [6, 6.07) is 12.1. The molecule has 2 aliphatic heterocycles. The zero-order chi connectivity index (χ0) is 20.7. The van der Waals surface area contributed by atoms with E-state index >= 15 is 0 Å². The van der Waals surface area contributed by atoms with Crippen molar-refractivity contribution in [1.29, 1.82) is 0 Å². The number of fused-ring (bicyclic) bond motifs is 1. The monoisotopic (exact) mass is 431 g/mol. The Hall–Kier alpha value is -2.90. The Morgan fingerprint density at radius 2 is 1.66 bits per heavy atom. The summed E-state index contributed by atoms with van der Waals surface area (Å²) in [5.41, 5.74) is 0.705. The van der Waals surface area contributed by atoms with Gasteiger partial charge in [0, 0.05) is 10.0 Å². The van der Waals surface area contributed by atoms with Crippen LogP contribution >= 0.6 is 23.2 Å². The number of esters is 1. The molecule has 148 valence electrons. The molecular weight excluding hydrogens is 417 g/mol. The molecule has 4 rings (SSSR count). The average molecular weight is 432 g/mol. The standard InChI is InChI=1S/C20H15Cl2N3O4/c1-2-29-20(28)16-15-17(25(23-16)14-8-4-6-12(22)10-14)19(27)24(18(15)26)13-7-3-5-11(21)9-13/h3-10,15,17H,2H2,1H3/t15-,17+/m0/s1. The predicted molar refractivity (Wildman–Crippen MR) is 109 cm³/mol. The summed E-state index contributed by atoms with van der Waals surface area (Å²) in [4.78, 5) is 40.0. The Bertz CT molecular complexity index is 1060. The van der Waals surface area contributed by atoms with Crippen LogP contribution in [0.25, 0.3) is 0 Å². The molecule has 0 unspecified atom stereocenters. The van der Waals surface area contributed by atoms with Crippen molar-refractivity contribution in [3.05, 3.63) is 58.6 Å². The van der Waals surface area contributed by atoms with Crippen molar-refractivity contribution in [3.8, 4) is 0 Å². The van der Waals surface area contributed by atoms with E-state index in [1.54, 1.807) is 49.4 Å². The number of carbonyl (C=O) groups is 3. The van der Waals surface area contributed by atoms with Gasteiger partial charge in [0.05, 0.1) is 18.0 Å². The second-order valence-electron chi connectivity index (χ2n) is 6.44. The van der Waals surface area contributed by atoms with Gasteiger partial charge in [-0.2, -0.15) is 5.10 Å². The Balaban J connectivity index is 1.81. The van der Waals surface area contributed by atoms with Crippen LogP contribution in [0.15, 0.2) is 53.6 Å². The quantitative estimate of drug-likeness (QED) is 0.547. The van der Waals surface area contributed by atoms with Gasteiger partial charge in [-0.25, -0.2) is 9.69 Å². The number of amides is 2. The van der Waals surface area contributed by atoms with Gasteiger partial charge < -0.3 is 4.74 Å². The minimum absolute atomic E-state index is 0.111. The fourth-order valence-corrected chi connectivity index (χ4v) is 3.86. The number of halogens is 2. The van der Waals surface area contributed by atoms with E-state index in [1.807, 2.05) is 0 Å². The van der Waals surface area contributed by atoms with Gasteiger partial charge in [-0.05, 0) is 43.3 Å². The molecule has 2 aromatic rings. The molecule has 2 atom stereocenters. The molecule has 0 N–H and O–H groups in total. The molecule has 0 aromatic heterocycles. The van der Waals surface area contributed by atoms with Crippen LogP contribution in [-0.2, 0) is 19.1 Å². The maximum atomic E-state index is 13.3. The first-order valence-electron chi connectivity index (χ1n) is 8.86. The first kappa shape index (κ1) is 19.4. The highest BCUT2D eigenvalue weighted by Gasteiger charge is 2.59. The largest absolute Gasteiger partial charge is 0.461 e. The zero-order valence-corrected chi connectivity index (χ0v) is 16.7. The minimum atomic E-state index is -1.08. The number of carbonyl (C=O) groups excluding carboxylic acids is 3. The molecule has 1 saturated heterocycles. The second kappa shape index (κ2) is 7.50. The maximum Gasteiger partial charge on any atom is 0.355 e. The minimum Gasteiger partial charge on any atom is -0.461 e. The average Bonchev–Trinajstić information content (AvgIpc) is 3.19. The Morgan fingerprint density at radius 1 is 1.03 bits per heavy atom. The van der Waals surface area contributed by atoms with Crippen LogP contribution in [0.2, 0.25) is 10.0 Å². The van der Waals surface area contributed by atoms with E-state index in [-0.39, 0.29) is 12.3 Å². The zero-order valence-electron chi connectivity index (χ0n) is 15.2. The summed E-state index contributed by atoms with van der Waals surface area (Å²) in [5, 5.41) is 6.44. The number of imide groups is 1. The number of rotatable bonds is 4. The molecule has 2 heterocycles. The van der Waals surface area contributed by atoms with Crippen molar-refractivity contribution < 1.29 is 19.1 Å². The second-order valence-corrected chi connectivity index (χ2v) is 7.32. The third kappa shape index (κ3) is 3.26. The first-order chi connectivity index (χ1) is 13.9. The van der Waals surface area contributed by atoms with E-state index < -0.39 is 29.7 Å². The molecule has 0 bridgehead atoms. The number of nitrogens with zero attached hydrogens (tertiary/aromatic N) is 3. The van der Waals surface area contributed by atoms with E-state index in [1.165, 1.54) is 11.1 Å². The summed E-state index contributed by atoms with van der Waals surface area (Å²) >= 11 is 12.1. The highest BCUT2D eigenvalue weighted by Crippen LogP contribution is 2.38. The normalized spacial score (nSPS) is 20.7. The molecule has 2 amide bonds. The molecule has 2 aliphatic rings. The van der Waals surface area contributed by atoms with Crippen LogP contribution in [0.5, 0.6) is 0 Å². The number of anilines is 2. The number of hydrogen-bond donors (Lipinski definition) is 0. The van der Waals surface area contributed by atoms with Crippen LogP contribution in [0.1, 0.15) is 6.92 Å². The van der Waals surface area contributed by atoms with Crippen LogP contribution in [-0.4, -0.2) is 36.1 Å². The predicted octanol–water partition coefficient (Wildman–Crippen LogP) is 3.29. The summed E-state index contributed by atoms with van der Waals surface area (Å²) in [5.74, 6) is -2.88. The molecule has 7 nitrogen and oxygen atoms in total.